The van der Waals surface area contributed by atoms with Gasteiger partial charge in [0.05, 0.1) is 0 Å². The smallest absolute Gasteiger partial charge is 0.325 e. The maximum absolute atomic E-state index is 10.5. The van der Waals surface area contributed by atoms with Crippen molar-refractivity contribution in [2.24, 2.45) is 0 Å². The van der Waals surface area contributed by atoms with Gasteiger partial charge in [-0.25, -0.2) is 9.67 Å². The molecule has 0 bridgehead atoms. The molecule has 0 spiro atoms. The second-order valence-corrected chi connectivity index (χ2v) is 4.94. The van der Waals surface area contributed by atoms with E-state index in [9.17, 15) is 4.79 Å². The number of aryl methyl sites for hydroxylation is 1. The Labute approximate surface area is 98.5 Å². The number of carboxylic acids is 1. The standard InChI is InChI=1S/C7H7N5O2S2/c1-4-3-15-7(8-4)16-6-9-10-11-12(6)2-5(13)14/h3H,2H2,1H3,(H,13,14). The monoisotopic (exact) mass is 257 g/mol. The molecule has 0 fully saturated rings. The fourth-order valence-electron chi connectivity index (χ4n) is 0.954. The summed E-state index contributed by atoms with van der Waals surface area (Å²) in [5.74, 6) is -0.982. The number of thiazole rings is 1. The van der Waals surface area contributed by atoms with Gasteiger partial charge in [-0.05, 0) is 29.1 Å². The van der Waals surface area contributed by atoms with Crippen molar-refractivity contribution in [3.63, 3.8) is 0 Å². The van der Waals surface area contributed by atoms with Gasteiger partial charge < -0.3 is 5.11 Å². The lowest BCUT2D eigenvalue weighted by Gasteiger charge is -1.97. The number of aliphatic carboxylic acids is 1. The van der Waals surface area contributed by atoms with E-state index in [4.69, 9.17) is 5.11 Å². The van der Waals surface area contributed by atoms with Gasteiger partial charge in [0.25, 0.3) is 0 Å². The number of hydrogen-bond donors (Lipinski definition) is 1. The van der Waals surface area contributed by atoms with E-state index in [1.165, 1.54) is 27.8 Å². The Morgan fingerprint density at radius 2 is 2.50 bits per heavy atom. The second kappa shape index (κ2) is 4.58. The Morgan fingerprint density at radius 3 is 3.12 bits per heavy atom. The van der Waals surface area contributed by atoms with Gasteiger partial charge in [-0.2, -0.15) is 0 Å². The molecule has 0 atom stereocenters. The van der Waals surface area contributed by atoms with E-state index in [0.29, 0.717) is 5.16 Å². The topological polar surface area (TPSA) is 93.8 Å². The number of aromatic nitrogens is 5. The number of tetrazole rings is 1. The van der Waals surface area contributed by atoms with E-state index in [1.807, 2.05) is 12.3 Å². The first kappa shape index (κ1) is 11.0. The average Bonchev–Trinajstić information content (AvgIpc) is 2.77. The van der Waals surface area contributed by atoms with Crippen LogP contribution in [0.2, 0.25) is 0 Å². The lowest BCUT2D eigenvalue weighted by molar-refractivity contribution is -0.138. The third-order valence-corrected chi connectivity index (χ3v) is 3.59. The Kier molecular flexibility index (Phi) is 3.15. The van der Waals surface area contributed by atoms with E-state index in [2.05, 4.69) is 20.5 Å². The van der Waals surface area contributed by atoms with Crippen molar-refractivity contribution in [1.29, 1.82) is 0 Å². The zero-order valence-electron chi connectivity index (χ0n) is 8.19. The van der Waals surface area contributed by atoms with Gasteiger partial charge in [0, 0.05) is 11.1 Å². The van der Waals surface area contributed by atoms with Crippen molar-refractivity contribution >= 4 is 29.1 Å². The SMILES string of the molecule is Cc1csc(Sc2nnnn2CC(=O)O)n1. The van der Waals surface area contributed by atoms with Crippen LogP contribution < -0.4 is 0 Å². The highest BCUT2D eigenvalue weighted by Gasteiger charge is 2.12. The summed E-state index contributed by atoms with van der Waals surface area (Å²) in [6.45, 7) is 1.64. The summed E-state index contributed by atoms with van der Waals surface area (Å²) in [6, 6.07) is 0. The number of carbonyl (C=O) groups is 1. The zero-order valence-corrected chi connectivity index (χ0v) is 9.83. The van der Waals surface area contributed by atoms with Gasteiger partial charge >= 0.3 is 5.97 Å². The molecule has 0 aliphatic heterocycles. The average molecular weight is 257 g/mol. The summed E-state index contributed by atoms with van der Waals surface area (Å²) >= 11 is 2.73. The Hall–Kier alpha value is -1.48. The zero-order chi connectivity index (χ0) is 11.5. The molecular weight excluding hydrogens is 250 g/mol. The first-order chi connectivity index (χ1) is 7.65. The fraction of sp³-hybridized carbons (Fsp3) is 0.286. The van der Waals surface area contributed by atoms with Crippen LogP contribution in [0.3, 0.4) is 0 Å². The minimum absolute atomic E-state index is 0.250. The molecule has 0 amide bonds. The predicted octanol–water partition coefficient (Wildman–Crippen LogP) is 0.674. The first-order valence-electron chi connectivity index (χ1n) is 4.23. The number of hydrogen-bond acceptors (Lipinski definition) is 7. The predicted molar refractivity (Wildman–Crippen MR) is 56.4 cm³/mol. The molecule has 0 aromatic carbocycles. The third-order valence-electron chi connectivity index (χ3n) is 1.56. The number of rotatable bonds is 4. The van der Waals surface area contributed by atoms with Gasteiger partial charge in [0.15, 0.2) is 4.34 Å². The molecule has 0 unspecified atom stereocenters. The van der Waals surface area contributed by atoms with Crippen molar-refractivity contribution in [2.75, 3.05) is 0 Å². The molecular formula is C7H7N5O2S2. The normalized spacial score (nSPS) is 10.6. The van der Waals surface area contributed by atoms with Crippen molar-refractivity contribution in [3.8, 4) is 0 Å². The largest absolute Gasteiger partial charge is 0.480 e. The summed E-state index contributed by atoms with van der Waals surface area (Å²) in [5.41, 5.74) is 0.921. The van der Waals surface area contributed by atoms with E-state index in [-0.39, 0.29) is 6.54 Å². The molecule has 0 saturated carbocycles. The molecule has 16 heavy (non-hydrogen) atoms. The van der Waals surface area contributed by atoms with E-state index in [0.717, 1.165) is 10.0 Å². The molecule has 9 heteroatoms. The van der Waals surface area contributed by atoms with Gasteiger partial charge in [0.2, 0.25) is 5.16 Å². The second-order valence-electron chi connectivity index (χ2n) is 2.87. The van der Waals surface area contributed by atoms with Crippen LogP contribution >= 0.6 is 23.1 Å². The minimum atomic E-state index is -0.982. The Balaban J connectivity index is 2.15. The number of nitrogens with zero attached hydrogens (tertiary/aromatic N) is 5. The molecule has 2 heterocycles. The highest BCUT2D eigenvalue weighted by molar-refractivity contribution is 8.00. The summed E-state index contributed by atoms with van der Waals surface area (Å²) in [5, 5.41) is 21.7. The van der Waals surface area contributed by atoms with Crippen LogP contribution in [-0.2, 0) is 11.3 Å². The van der Waals surface area contributed by atoms with Crippen LogP contribution in [-0.4, -0.2) is 36.3 Å². The van der Waals surface area contributed by atoms with E-state index < -0.39 is 5.97 Å². The molecule has 2 rings (SSSR count). The van der Waals surface area contributed by atoms with Crippen molar-refractivity contribution < 1.29 is 9.90 Å². The molecule has 7 nitrogen and oxygen atoms in total. The first-order valence-corrected chi connectivity index (χ1v) is 5.92. The van der Waals surface area contributed by atoms with Gasteiger partial charge in [-0.15, -0.1) is 16.4 Å². The Morgan fingerprint density at radius 1 is 1.69 bits per heavy atom. The summed E-state index contributed by atoms with van der Waals surface area (Å²) in [6.07, 6.45) is 0. The van der Waals surface area contributed by atoms with Crippen LogP contribution in [0, 0.1) is 6.92 Å². The summed E-state index contributed by atoms with van der Waals surface area (Å²) in [4.78, 5) is 14.8. The lowest BCUT2D eigenvalue weighted by Crippen LogP contribution is -2.11. The van der Waals surface area contributed by atoms with E-state index >= 15 is 0 Å². The molecule has 84 valence electrons. The maximum atomic E-state index is 10.5. The van der Waals surface area contributed by atoms with Crippen molar-refractivity contribution in [1.82, 2.24) is 25.2 Å². The highest BCUT2D eigenvalue weighted by atomic mass is 32.2. The quantitative estimate of drug-likeness (QED) is 0.860. The van der Waals surface area contributed by atoms with Gasteiger partial charge in [0.1, 0.15) is 6.54 Å². The van der Waals surface area contributed by atoms with Crippen LogP contribution in [0.1, 0.15) is 5.69 Å². The summed E-state index contributed by atoms with van der Waals surface area (Å²) in [7, 11) is 0. The molecule has 2 aromatic heterocycles. The van der Waals surface area contributed by atoms with Crippen molar-refractivity contribution in [3.05, 3.63) is 11.1 Å². The minimum Gasteiger partial charge on any atom is -0.480 e. The third kappa shape index (κ3) is 2.55. The molecule has 1 N–H and O–H groups in total. The molecule has 0 radical (unpaired) electrons. The van der Waals surface area contributed by atoms with Crippen LogP contribution in [0.5, 0.6) is 0 Å². The van der Waals surface area contributed by atoms with Crippen LogP contribution in [0.15, 0.2) is 14.9 Å². The molecule has 0 aliphatic carbocycles. The fourth-order valence-corrected chi connectivity index (χ4v) is 2.67. The Bertz CT molecular complexity index is 508. The molecule has 0 aliphatic rings. The van der Waals surface area contributed by atoms with Crippen molar-refractivity contribution in [2.45, 2.75) is 23.0 Å². The van der Waals surface area contributed by atoms with Gasteiger partial charge in [-0.1, -0.05) is 0 Å². The maximum Gasteiger partial charge on any atom is 0.325 e. The highest BCUT2D eigenvalue weighted by Crippen LogP contribution is 2.27. The van der Waals surface area contributed by atoms with E-state index in [1.54, 1.807) is 0 Å². The summed E-state index contributed by atoms with van der Waals surface area (Å²) < 4.78 is 2.02. The lowest BCUT2D eigenvalue weighted by atomic mass is 10.6. The van der Waals surface area contributed by atoms with Gasteiger partial charge in [-0.3, -0.25) is 4.79 Å². The molecule has 2 aromatic rings. The van der Waals surface area contributed by atoms with Crippen LogP contribution in [0.4, 0.5) is 0 Å². The molecule has 0 saturated heterocycles. The number of carboxylic acid groups (broad SMARTS) is 1. The van der Waals surface area contributed by atoms with Crippen LogP contribution in [0.25, 0.3) is 0 Å².